The highest BCUT2D eigenvalue weighted by Crippen LogP contribution is 2.24. The monoisotopic (exact) mass is 261 g/mol. The first-order valence-corrected chi connectivity index (χ1v) is 5.67. The molecule has 0 bridgehead atoms. The minimum atomic E-state index is -0.323. The molecule has 0 aliphatic carbocycles. The quantitative estimate of drug-likeness (QED) is 0.875. The maximum atomic E-state index is 11.8. The summed E-state index contributed by atoms with van der Waals surface area (Å²) in [5.74, 6) is -0.323. The second-order valence-corrected chi connectivity index (χ2v) is 4.30. The van der Waals surface area contributed by atoms with Crippen molar-refractivity contribution in [2.45, 2.75) is 19.4 Å². The summed E-state index contributed by atoms with van der Waals surface area (Å²) in [6.45, 7) is 1.83. The van der Waals surface area contributed by atoms with Gasteiger partial charge in [0.05, 0.1) is 15.6 Å². The molecule has 0 saturated heterocycles. The third-order valence-corrected chi connectivity index (χ3v) is 2.76. The van der Waals surface area contributed by atoms with E-state index in [0.717, 1.165) is 0 Å². The molecule has 0 heterocycles. The van der Waals surface area contributed by atoms with Crippen molar-refractivity contribution >= 4 is 29.1 Å². The van der Waals surface area contributed by atoms with Gasteiger partial charge in [-0.3, -0.25) is 4.79 Å². The molecular formula is C11H13Cl2NO2. The Bertz CT molecular complexity index is 362. The summed E-state index contributed by atoms with van der Waals surface area (Å²) in [4.78, 5) is 11.8. The van der Waals surface area contributed by atoms with Crippen LogP contribution in [0, 0.1) is 0 Å². The predicted octanol–water partition coefficient (Wildman–Crippen LogP) is 2.49. The van der Waals surface area contributed by atoms with Crippen molar-refractivity contribution in [2.24, 2.45) is 0 Å². The Labute approximate surface area is 104 Å². The van der Waals surface area contributed by atoms with Crippen LogP contribution in [0.25, 0.3) is 0 Å². The lowest BCUT2D eigenvalue weighted by molar-refractivity contribution is 0.0934. The molecule has 0 aliphatic heterocycles. The van der Waals surface area contributed by atoms with Crippen LogP contribution in [0.15, 0.2) is 18.2 Å². The molecule has 16 heavy (non-hydrogen) atoms. The molecule has 3 nitrogen and oxygen atoms in total. The van der Waals surface area contributed by atoms with Crippen LogP contribution in [0.3, 0.4) is 0 Å². The minimum Gasteiger partial charge on any atom is -0.396 e. The number of hydrogen-bond acceptors (Lipinski definition) is 2. The third-order valence-electron chi connectivity index (χ3n) is 2.13. The number of aliphatic hydroxyl groups excluding tert-OH is 1. The Balaban J connectivity index is 2.80. The van der Waals surface area contributed by atoms with Crippen molar-refractivity contribution in [3.8, 4) is 0 Å². The van der Waals surface area contributed by atoms with Gasteiger partial charge in [0, 0.05) is 12.6 Å². The standard InChI is InChI=1S/C11H13Cl2NO2/c1-7(5-6-15)14-11(16)10-8(12)3-2-4-9(10)13/h2-4,7,15H,5-6H2,1H3,(H,14,16). The molecule has 88 valence electrons. The number of benzene rings is 1. The van der Waals surface area contributed by atoms with Crippen LogP contribution in [0.2, 0.25) is 10.0 Å². The first-order valence-electron chi connectivity index (χ1n) is 4.92. The summed E-state index contributed by atoms with van der Waals surface area (Å²) in [6, 6.07) is 4.78. The van der Waals surface area contributed by atoms with Crippen LogP contribution in [-0.4, -0.2) is 23.7 Å². The fourth-order valence-electron chi connectivity index (χ4n) is 1.28. The van der Waals surface area contributed by atoms with Gasteiger partial charge in [-0.2, -0.15) is 0 Å². The number of rotatable bonds is 4. The minimum absolute atomic E-state index is 0.0255. The van der Waals surface area contributed by atoms with Crippen molar-refractivity contribution in [1.82, 2.24) is 5.32 Å². The van der Waals surface area contributed by atoms with Gasteiger partial charge in [0.1, 0.15) is 0 Å². The summed E-state index contributed by atoms with van der Waals surface area (Å²) in [6.07, 6.45) is 0.494. The Morgan fingerprint density at radius 3 is 2.50 bits per heavy atom. The fraction of sp³-hybridized carbons (Fsp3) is 0.364. The third kappa shape index (κ3) is 3.37. The molecule has 0 saturated carbocycles. The van der Waals surface area contributed by atoms with E-state index >= 15 is 0 Å². The van der Waals surface area contributed by atoms with Crippen LogP contribution in [0.4, 0.5) is 0 Å². The van der Waals surface area contributed by atoms with Gasteiger partial charge in [-0.25, -0.2) is 0 Å². The summed E-state index contributed by atoms with van der Waals surface area (Å²) in [5, 5.41) is 12.1. The Morgan fingerprint density at radius 1 is 1.44 bits per heavy atom. The average molecular weight is 262 g/mol. The van der Waals surface area contributed by atoms with Crippen molar-refractivity contribution in [3.63, 3.8) is 0 Å². The molecule has 5 heteroatoms. The van der Waals surface area contributed by atoms with Crippen LogP contribution in [0.5, 0.6) is 0 Å². The number of carbonyl (C=O) groups excluding carboxylic acids is 1. The number of hydrogen-bond donors (Lipinski definition) is 2. The first kappa shape index (κ1) is 13.3. The van der Waals surface area contributed by atoms with E-state index < -0.39 is 0 Å². The summed E-state index contributed by atoms with van der Waals surface area (Å²) in [5.41, 5.74) is 0.274. The zero-order chi connectivity index (χ0) is 12.1. The summed E-state index contributed by atoms with van der Waals surface area (Å²) >= 11 is 11.8. The molecule has 1 aromatic carbocycles. The van der Waals surface area contributed by atoms with Crippen LogP contribution in [0.1, 0.15) is 23.7 Å². The zero-order valence-corrected chi connectivity index (χ0v) is 10.3. The summed E-state index contributed by atoms with van der Waals surface area (Å²) < 4.78 is 0. The van der Waals surface area contributed by atoms with Gasteiger partial charge < -0.3 is 10.4 Å². The normalized spacial score (nSPS) is 12.2. The van der Waals surface area contributed by atoms with Gasteiger partial charge in [0.25, 0.3) is 5.91 Å². The smallest absolute Gasteiger partial charge is 0.254 e. The second kappa shape index (κ2) is 6.09. The molecule has 2 N–H and O–H groups in total. The van der Waals surface area contributed by atoms with E-state index in [4.69, 9.17) is 28.3 Å². The molecule has 0 aliphatic rings. The van der Waals surface area contributed by atoms with E-state index in [0.29, 0.717) is 16.5 Å². The first-order chi connectivity index (χ1) is 7.56. The van der Waals surface area contributed by atoms with Crippen molar-refractivity contribution in [3.05, 3.63) is 33.8 Å². The van der Waals surface area contributed by atoms with Crippen LogP contribution < -0.4 is 5.32 Å². The van der Waals surface area contributed by atoms with Gasteiger partial charge in [-0.05, 0) is 25.5 Å². The number of carbonyl (C=O) groups is 1. The SMILES string of the molecule is CC(CCO)NC(=O)c1c(Cl)cccc1Cl. The van der Waals surface area contributed by atoms with Crippen molar-refractivity contribution in [1.29, 1.82) is 0 Å². The number of aliphatic hydroxyl groups is 1. The lowest BCUT2D eigenvalue weighted by Crippen LogP contribution is -2.33. The number of nitrogens with one attached hydrogen (secondary N) is 1. The van der Waals surface area contributed by atoms with E-state index in [-0.39, 0.29) is 24.1 Å². The fourth-order valence-corrected chi connectivity index (χ4v) is 1.85. The molecule has 0 aromatic heterocycles. The highest BCUT2D eigenvalue weighted by atomic mass is 35.5. The van der Waals surface area contributed by atoms with Gasteiger partial charge in [-0.15, -0.1) is 0 Å². The Kier molecular flexibility index (Phi) is 5.06. The lowest BCUT2D eigenvalue weighted by Gasteiger charge is -2.13. The van der Waals surface area contributed by atoms with Crippen LogP contribution in [-0.2, 0) is 0 Å². The van der Waals surface area contributed by atoms with E-state index in [1.54, 1.807) is 25.1 Å². The maximum absolute atomic E-state index is 11.8. The van der Waals surface area contributed by atoms with Gasteiger partial charge in [0.15, 0.2) is 0 Å². The van der Waals surface area contributed by atoms with E-state index in [2.05, 4.69) is 5.32 Å². The largest absolute Gasteiger partial charge is 0.396 e. The molecule has 1 aromatic rings. The van der Waals surface area contributed by atoms with Crippen molar-refractivity contribution < 1.29 is 9.90 Å². The molecular weight excluding hydrogens is 249 g/mol. The van der Waals surface area contributed by atoms with E-state index in [1.165, 1.54) is 0 Å². The molecule has 1 unspecified atom stereocenters. The Hall–Kier alpha value is -0.770. The molecule has 1 amide bonds. The highest BCUT2D eigenvalue weighted by Gasteiger charge is 2.15. The summed E-state index contributed by atoms with van der Waals surface area (Å²) in [7, 11) is 0. The second-order valence-electron chi connectivity index (χ2n) is 3.48. The Morgan fingerprint density at radius 2 is 2.00 bits per heavy atom. The van der Waals surface area contributed by atoms with Crippen molar-refractivity contribution in [2.75, 3.05) is 6.61 Å². The lowest BCUT2D eigenvalue weighted by atomic mass is 10.2. The molecule has 1 rings (SSSR count). The van der Waals surface area contributed by atoms with E-state index in [1.807, 2.05) is 0 Å². The maximum Gasteiger partial charge on any atom is 0.254 e. The molecule has 1 atom stereocenters. The van der Waals surface area contributed by atoms with Gasteiger partial charge in [0.2, 0.25) is 0 Å². The number of amides is 1. The van der Waals surface area contributed by atoms with E-state index in [9.17, 15) is 4.79 Å². The number of halogens is 2. The zero-order valence-electron chi connectivity index (χ0n) is 8.84. The molecule has 0 fully saturated rings. The highest BCUT2D eigenvalue weighted by molar-refractivity contribution is 6.39. The van der Waals surface area contributed by atoms with Gasteiger partial charge >= 0.3 is 0 Å². The average Bonchev–Trinajstić information content (AvgIpc) is 2.17. The molecule has 0 spiro atoms. The topological polar surface area (TPSA) is 49.3 Å². The molecule has 0 radical (unpaired) electrons. The van der Waals surface area contributed by atoms with Gasteiger partial charge in [-0.1, -0.05) is 29.3 Å². The predicted molar refractivity (Wildman–Crippen MR) is 65.1 cm³/mol. The van der Waals surface area contributed by atoms with Crippen LogP contribution >= 0.6 is 23.2 Å².